The molecular formula is C27H35F3N4O8. The summed E-state index contributed by atoms with van der Waals surface area (Å²) in [6, 6.07) is -2.00. The Morgan fingerprint density at radius 2 is 1.79 bits per heavy atom. The molecule has 4 amide bonds. The summed E-state index contributed by atoms with van der Waals surface area (Å²) in [5, 5.41) is 4.29. The number of esters is 2. The van der Waals surface area contributed by atoms with Gasteiger partial charge < -0.3 is 19.5 Å². The van der Waals surface area contributed by atoms with E-state index >= 15 is 0 Å². The molecule has 1 saturated carbocycles. The van der Waals surface area contributed by atoms with Crippen LogP contribution in [0, 0.1) is 17.8 Å². The van der Waals surface area contributed by atoms with Crippen LogP contribution in [0.1, 0.15) is 58.4 Å². The standard InChI is InChI=1S/C27H35F3N4O8/c1-4-40-24(37)20-18(12-16-10-11-31-19(13-16)32-26(39)42-14-41-23(36)15(2)3)22(35)34(20)25(38)33-21(27(28,29)30)17-8-6-5-7-9-17/h10-11,13,15,17-18,20-21H,4-9,12,14H2,1-3H3,(H,33,38)(H,31,32,39)/t18-,20+,21+/m1/s1. The number of nitrogens with one attached hydrogen (secondary N) is 2. The van der Waals surface area contributed by atoms with E-state index < -0.39 is 72.8 Å². The second-order valence-corrected chi connectivity index (χ2v) is 10.4. The second kappa shape index (κ2) is 14.3. The normalized spacial score (nSPS) is 19.9. The number of urea groups is 1. The second-order valence-electron chi connectivity index (χ2n) is 10.4. The molecule has 2 N–H and O–H groups in total. The van der Waals surface area contributed by atoms with Gasteiger partial charge in [-0.2, -0.15) is 13.2 Å². The van der Waals surface area contributed by atoms with Crippen molar-refractivity contribution < 1.29 is 51.4 Å². The number of β-lactam (4-membered cyclic amide) rings is 1. The third-order valence-electron chi connectivity index (χ3n) is 7.09. The zero-order valence-corrected chi connectivity index (χ0v) is 23.6. The van der Waals surface area contributed by atoms with Gasteiger partial charge in [0.1, 0.15) is 11.9 Å². The predicted octanol–water partition coefficient (Wildman–Crippen LogP) is 3.94. The lowest BCUT2D eigenvalue weighted by Gasteiger charge is -2.44. The Balaban J connectivity index is 1.68. The molecule has 232 valence electrons. The number of aromatic nitrogens is 1. The van der Waals surface area contributed by atoms with Crippen molar-refractivity contribution in [3.63, 3.8) is 0 Å². The lowest BCUT2D eigenvalue weighted by molar-refractivity contribution is -0.174. The van der Waals surface area contributed by atoms with Gasteiger partial charge in [-0.1, -0.05) is 33.1 Å². The number of pyridine rings is 1. The van der Waals surface area contributed by atoms with E-state index in [9.17, 15) is 37.1 Å². The molecule has 1 aliphatic heterocycles. The van der Waals surface area contributed by atoms with Crippen molar-refractivity contribution in [1.29, 1.82) is 0 Å². The lowest BCUT2D eigenvalue weighted by Crippen LogP contribution is -2.70. The van der Waals surface area contributed by atoms with Crippen LogP contribution in [0.2, 0.25) is 0 Å². The zero-order chi connectivity index (χ0) is 31.0. The first-order valence-electron chi connectivity index (χ1n) is 13.8. The van der Waals surface area contributed by atoms with Crippen LogP contribution in [-0.2, 0) is 35.0 Å². The summed E-state index contributed by atoms with van der Waals surface area (Å²) in [7, 11) is 0. The number of ether oxygens (including phenoxy) is 3. The summed E-state index contributed by atoms with van der Waals surface area (Å²) in [5.74, 6) is -4.65. The van der Waals surface area contributed by atoms with Gasteiger partial charge in [-0.25, -0.2) is 24.3 Å². The highest BCUT2D eigenvalue weighted by Gasteiger charge is 2.57. The van der Waals surface area contributed by atoms with Crippen LogP contribution in [0.5, 0.6) is 0 Å². The first-order chi connectivity index (χ1) is 19.8. The van der Waals surface area contributed by atoms with Gasteiger partial charge in [-0.05, 0) is 49.8 Å². The topological polar surface area (TPSA) is 153 Å². The Kier molecular flexibility index (Phi) is 11.1. The van der Waals surface area contributed by atoms with Crippen LogP contribution in [-0.4, -0.2) is 71.5 Å². The number of nitrogens with zero attached hydrogens (tertiary/aromatic N) is 2. The summed E-state index contributed by atoms with van der Waals surface area (Å²) in [5.41, 5.74) is 0.426. The first kappa shape index (κ1) is 32.6. The smallest absolute Gasteiger partial charge is 0.415 e. The molecule has 2 heterocycles. The summed E-state index contributed by atoms with van der Waals surface area (Å²) >= 11 is 0. The first-order valence-corrected chi connectivity index (χ1v) is 13.8. The fraction of sp³-hybridized carbons (Fsp3) is 0.630. The molecule has 12 nitrogen and oxygen atoms in total. The molecule has 3 rings (SSSR count). The predicted molar refractivity (Wildman–Crippen MR) is 140 cm³/mol. The minimum atomic E-state index is -4.73. The zero-order valence-electron chi connectivity index (χ0n) is 23.6. The molecule has 1 aromatic rings. The number of hydrogen-bond donors (Lipinski definition) is 2. The number of carbonyl (C=O) groups excluding carboxylic acids is 5. The molecule has 0 spiro atoms. The van der Waals surface area contributed by atoms with E-state index in [1.54, 1.807) is 13.8 Å². The molecule has 42 heavy (non-hydrogen) atoms. The largest absolute Gasteiger partial charge is 0.464 e. The van der Waals surface area contributed by atoms with Gasteiger partial charge in [-0.3, -0.25) is 14.9 Å². The van der Waals surface area contributed by atoms with Crippen molar-refractivity contribution in [2.24, 2.45) is 17.8 Å². The SMILES string of the molecule is CCOC(=O)[C@@H]1[C@@H](Cc2ccnc(NC(=O)OCOC(=O)C(C)C)c2)C(=O)N1C(=O)N[C@@H](C1CCCCC1)C(F)(F)F. The number of imide groups is 1. The van der Waals surface area contributed by atoms with E-state index in [4.69, 9.17) is 14.2 Å². The van der Waals surface area contributed by atoms with Gasteiger partial charge in [0.05, 0.1) is 18.4 Å². The third kappa shape index (κ3) is 8.32. The monoisotopic (exact) mass is 600 g/mol. The Morgan fingerprint density at radius 1 is 1.10 bits per heavy atom. The highest BCUT2D eigenvalue weighted by atomic mass is 19.4. The molecule has 1 aromatic heterocycles. The van der Waals surface area contributed by atoms with Crippen LogP contribution in [0.4, 0.5) is 28.6 Å². The molecule has 0 bridgehead atoms. The van der Waals surface area contributed by atoms with Crippen LogP contribution in [0.15, 0.2) is 18.3 Å². The molecule has 2 aliphatic rings. The maximum Gasteiger partial charge on any atom is 0.415 e. The number of hydrogen-bond acceptors (Lipinski definition) is 9. The molecule has 1 saturated heterocycles. The van der Waals surface area contributed by atoms with Crippen LogP contribution >= 0.6 is 0 Å². The van der Waals surface area contributed by atoms with Crippen molar-refractivity contribution in [3.8, 4) is 0 Å². The van der Waals surface area contributed by atoms with Crippen molar-refractivity contribution in [1.82, 2.24) is 15.2 Å². The maximum absolute atomic E-state index is 13.9. The van der Waals surface area contributed by atoms with Crippen LogP contribution < -0.4 is 10.6 Å². The van der Waals surface area contributed by atoms with Gasteiger partial charge in [0.15, 0.2) is 6.04 Å². The Labute approximate surface area is 240 Å². The molecule has 0 unspecified atom stereocenters. The van der Waals surface area contributed by atoms with E-state index in [-0.39, 0.29) is 31.7 Å². The van der Waals surface area contributed by atoms with Crippen molar-refractivity contribution in [3.05, 3.63) is 23.9 Å². The Hall–Kier alpha value is -3.91. The fourth-order valence-corrected chi connectivity index (χ4v) is 4.98. The quantitative estimate of drug-likeness (QED) is 0.231. The Bertz CT molecular complexity index is 1160. The van der Waals surface area contributed by atoms with Crippen molar-refractivity contribution in [2.45, 2.75) is 77.6 Å². The maximum atomic E-state index is 13.9. The van der Waals surface area contributed by atoms with Crippen LogP contribution in [0.3, 0.4) is 0 Å². The van der Waals surface area contributed by atoms with Crippen LogP contribution in [0.25, 0.3) is 0 Å². The van der Waals surface area contributed by atoms with E-state index in [2.05, 4.69) is 10.3 Å². The number of rotatable bonds is 10. The number of carbonyl (C=O) groups is 5. The Morgan fingerprint density at radius 3 is 2.40 bits per heavy atom. The summed E-state index contributed by atoms with van der Waals surface area (Å²) in [6.45, 7) is 4.05. The minimum absolute atomic E-state index is 0.0160. The number of halogens is 3. The third-order valence-corrected chi connectivity index (χ3v) is 7.09. The van der Waals surface area contributed by atoms with Gasteiger partial charge in [-0.15, -0.1) is 0 Å². The minimum Gasteiger partial charge on any atom is -0.464 e. The average molecular weight is 601 g/mol. The summed E-state index contributed by atoms with van der Waals surface area (Å²) < 4.78 is 56.2. The van der Waals surface area contributed by atoms with Crippen molar-refractivity contribution in [2.75, 3.05) is 18.7 Å². The number of alkyl halides is 3. The van der Waals surface area contributed by atoms with E-state index in [1.165, 1.54) is 25.3 Å². The fourth-order valence-electron chi connectivity index (χ4n) is 4.98. The molecule has 2 fully saturated rings. The van der Waals surface area contributed by atoms with E-state index in [1.807, 2.05) is 5.32 Å². The highest BCUT2D eigenvalue weighted by molar-refractivity contribution is 6.08. The molecule has 15 heteroatoms. The van der Waals surface area contributed by atoms with E-state index in [0.29, 0.717) is 23.3 Å². The van der Waals surface area contributed by atoms with Gasteiger partial charge >= 0.3 is 30.2 Å². The molecule has 0 aromatic carbocycles. The average Bonchev–Trinajstić information content (AvgIpc) is 2.93. The van der Waals surface area contributed by atoms with Crippen molar-refractivity contribution >= 4 is 35.8 Å². The van der Waals surface area contributed by atoms with E-state index in [0.717, 1.165) is 6.42 Å². The van der Waals surface area contributed by atoms with Gasteiger partial charge in [0.25, 0.3) is 0 Å². The number of likely N-dealkylation sites (tertiary alicyclic amines) is 1. The summed E-state index contributed by atoms with van der Waals surface area (Å²) in [4.78, 5) is 66.7. The number of amides is 4. The lowest BCUT2D eigenvalue weighted by atomic mass is 9.82. The van der Waals surface area contributed by atoms with Gasteiger partial charge in [0.2, 0.25) is 12.7 Å². The van der Waals surface area contributed by atoms with Gasteiger partial charge in [0, 0.05) is 6.20 Å². The molecule has 3 atom stereocenters. The highest BCUT2D eigenvalue weighted by Crippen LogP contribution is 2.36. The number of anilines is 1. The molecule has 0 radical (unpaired) electrons. The molecule has 1 aliphatic carbocycles. The summed E-state index contributed by atoms with van der Waals surface area (Å²) in [6.07, 6.45) is -1.89. The molecular weight excluding hydrogens is 565 g/mol.